The van der Waals surface area contributed by atoms with Crippen molar-refractivity contribution in [2.45, 2.75) is 45.4 Å². The average Bonchev–Trinajstić information content (AvgIpc) is 3.18. The van der Waals surface area contributed by atoms with Crippen LogP contribution in [-0.4, -0.2) is 28.8 Å². The summed E-state index contributed by atoms with van der Waals surface area (Å²) in [5.41, 5.74) is 3.59. The van der Waals surface area contributed by atoms with Crippen LogP contribution in [0.25, 0.3) is 22.0 Å². The van der Waals surface area contributed by atoms with E-state index in [4.69, 9.17) is 0 Å². The van der Waals surface area contributed by atoms with Crippen LogP contribution in [0.1, 0.15) is 30.5 Å². The lowest BCUT2D eigenvalue weighted by molar-refractivity contribution is 0.109. The van der Waals surface area contributed by atoms with Crippen molar-refractivity contribution in [1.82, 2.24) is 10.3 Å². The summed E-state index contributed by atoms with van der Waals surface area (Å²) in [7, 11) is 1.95. The van der Waals surface area contributed by atoms with Gasteiger partial charge in [-0.05, 0) is 45.0 Å². The summed E-state index contributed by atoms with van der Waals surface area (Å²) in [6.07, 6.45) is 1.22. The van der Waals surface area contributed by atoms with Gasteiger partial charge in [-0.2, -0.15) is 0 Å². The van der Waals surface area contributed by atoms with Crippen LogP contribution in [-0.2, 0) is 13.0 Å². The second kappa shape index (κ2) is 9.57. The van der Waals surface area contributed by atoms with Gasteiger partial charge < -0.3 is 20.7 Å². The third-order valence-electron chi connectivity index (χ3n) is 6.42. The maximum Gasteiger partial charge on any atom is 0.139 e. The molecule has 0 saturated heterocycles. The molecule has 34 heavy (non-hydrogen) atoms. The molecular weight excluding hydrogens is 432 g/mol. The first-order chi connectivity index (χ1) is 16.2. The van der Waals surface area contributed by atoms with Crippen LogP contribution in [0.4, 0.5) is 14.5 Å². The van der Waals surface area contributed by atoms with Gasteiger partial charge in [0.05, 0.1) is 22.7 Å². The van der Waals surface area contributed by atoms with E-state index in [0.29, 0.717) is 22.3 Å². The Labute approximate surface area is 199 Å². The molecule has 2 heterocycles. The van der Waals surface area contributed by atoms with Crippen LogP contribution in [0.3, 0.4) is 0 Å². The van der Waals surface area contributed by atoms with Crippen molar-refractivity contribution in [3.8, 4) is 11.1 Å². The smallest absolute Gasteiger partial charge is 0.139 e. The van der Waals surface area contributed by atoms with Gasteiger partial charge in [-0.1, -0.05) is 48.5 Å². The van der Waals surface area contributed by atoms with Gasteiger partial charge >= 0.3 is 0 Å². The molecule has 0 amide bonds. The van der Waals surface area contributed by atoms with Crippen molar-refractivity contribution < 1.29 is 13.9 Å². The van der Waals surface area contributed by atoms with Crippen LogP contribution in [0.15, 0.2) is 60.8 Å². The normalized spacial score (nSPS) is 16.4. The van der Waals surface area contributed by atoms with Crippen LogP contribution in [0.2, 0.25) is 0 Å². The van der Waals surface area contributed by atoms with E-state index < -0.39 is 23.3 Å². The molecule has 0 aliphatic carbocycles. The van der Waals surface area contributed by atoms with Crippen molar-refractivity contribution in [3.63, 3.8) is 0 Å². The summed E-state index contributed by atoms with van der Waals surface area (Å²) in [4.78, 5) is 3.11. The van der Waals surface area contributed by atoms with Gasteiger partial charge in [-0.3, -0.25) is 0 Å². The van der Waals surface area contributed by atoms with Crippen LogP contribution < -0.4 is 10.6 Å². The van der Waals surface area contributed by atoms with Gasteiger partial charge in [0.1, 0.15) is 11.6 Å². The number of H-pyrrole nitrogens is 1. The van der Waals surface area contributed by atoms with Gasteiger partial charge in [0.15, 0.2) is 0 Å². The maximum atomic E-state index is 15.3. The molecule has 4 nitrogen and oxygen atoms in total. The number of fused-ring (bicyclic) bond motifs is 2. The molecule has 1 aliphatic heterocycles. The zero-order valence-electron chi connectivity index (χ0n) is 20.0. The van der Waals surface area contributed by atoms with Crippen molar-refractivity contribution >= 4 is 16.6 Å². The number of benzene rings is 3. The first kappa shape index (κ1) is 23.9. The number of nitrogens with one attached hydrogen (secondary N) is 3. The van der Waals surface area contributed by atoms with Gasteiger partial charge in [-0.15, -0.1) is 0 Å². The Morgan fingerprint density at radius 3 is 2.53 bits per heavy atom. The zero-order chi connectivity index (χ0) is 24.5. The number of aromatic nitrogens is 1. The number of anilines is 1. The number of halogens is 2. The molecule has 1 aliphatic rings. The van der Waals surface area contributed by atoms with Crippen molar-refractivity contribution in [2.24, 2.45) is 0 Å². The molecule has 0 saturated carbocycles. The summed E-state index contributed by atoms with van der Waals surface area (Å²) in [5.74, 6) is -1.23. The van der Waals surface area contributed by atoms with Gasteiger partial charge in [0.25, 0.3) is 0 Å². The molecule has 0 unspecified atom stereocenters. The number of hydrogen-bond acceptors (Lipinski definition) is 3. The monoisotopic (exact) mass is 463 g/mol. The predicted octanol–water partition coefficient (Wildman–Crippen LogP) is 5.94. The summed E-state index contributed by atoms with van der Waals surface area (Å²) in [6, 6.07) is 17.1. The van der Waals surface area contributed by atoms with Crippen LogP contribution >= 0.6 is 0 Å². The van der Waals surface area contributed by atoms with Crippen molar-refractivity contribution in [1.29, 1.82) is 0 Å². The number of rotatable bonds is 3. The molecule has 5 rings (SSSR count). The predicted molar refractivity (Wildman–Crippen MR) is 135 cm³/mol. The lowest BCUT2D eigenvalue weighted by Crippen LogP contribution is -2.48. The highest BCUT2D eigenvalue weighted by molar-refractivity contribution is 5.96. The summed E-state index contributed by atoms with van der Waals surface area (Å²) in [6.45, 7) is 6.53. The third kappa shape index (κ3) is 4.56. The number of para-hydroxylation sites is 1. The van der Waals surface area contributed by atoms with Gasteiger partial charge in [0.2, 0.25) is 0 Å². The molecule has 1 aromatic heterocycles. The summed E-state index contributed by atoms with van der Waals surface area (Å²) in [5, 5.41) is 17.4. The SMILES string of the molecule is CNCc1ccccc1.Cc1c[nH]c2c(-c3c(F)cc4c(c3F)C[C@@H](O)C(C)(C)N4)cccc12. The molecule has 0 fully saturated rings. The van der Waals surface area contributed by atoms with E-state index in [0.717, 1.165) is 17.5 Å². The first-order valence-corrected chi connectivity index (χ1v) is 11.5. The lowest BCUT2D eigenvalue weighted by Gasteiger charge is -2.38. The lowest BCUT2D eigenvalue weighted by atomic mass is 9.84. The third-order valence-corrected chi connectivity index (χ3v) is 6.42. The molecule has 6 heteroatoms. The quantitative estimate of drug-likeness (QED) is 0.304. The highest BCUT2D eigenvalue weighted by Crippen LogP contribution is 2.40. The molecule has 178 valence electrons. The molecule has 1 atom stereocenters. The number of aliphatic hydroxyl groups excluding tert-OH is 1. The standard InChI is InChI=1S/C20H20F2N2O.C8H11N/c1-10-9-23-19-11(10)5-4-6-12(19)17-14(21)8-15-13(18(17)22)7-16(25)20(2,3)24-15;1-9-7-8-5-3-2-4-6-8/h4-6,8-9,16,23-25H,7H2,1-3H3;2-6,9H,7H2,1H3/t16-;/m1./s1. The van der Waals surface area contributed by atoms with Crippen molar-refractivity contribution in [2.75, 3.05) is 12.4 Å². The van der Waals surface area contributed by atoms with Gasteiger partial charge in [0, 0.05) is 41.4 Å². The Morgan fingerprint density at radius 1 is 1.09 bits per heavy atom. The Balaban J connectivity index is 0.000000257. The minimum atomic E-state index is -0.753. The number of aliphatic hydroxyl groups is 1. The molecule has 3 aromatic carbocycles. The largest absolute Gasteiger partial charge is 0.390 e. The fraction of sp³-hybridized carbons (Fsp3) is 0.286. The second-order valence-electron chi connectivity index (χ2n) is 9.36. The zero-order valence-corrected chi connectivity index (χ0v) is 20.0. The molecule has 0 spiro atoms. The molecule has 0 radical (unpaired) electrons. The Morgan fingerprint density at radius 2 is 1.82 bits per heavy atom. The highest BCUT2D eigenvalue weighted by atomic mass is 19.1. The van der Waals surface area contributed by atoms with Gasteiger partial charge in [-0.25, -0.2) is 8.78 Å². The summed E-state index contributed by atoms with van der Waals surface area (Å²) >= 11 is 0. The fourth-order valence-corrected chi connectivity index (χ4v) is 4.40. The maximum absolute atomic E-state index is 15.3. The fourth-order valence-electron chi connectivity index (χ4n) is 4.40. The topological polar surface area (TPSA) is 60.1 Å². The number of aryl methyl sites for hydroxylation is 1. The molecule has 4 aromatic rings. The second-order valence-corrected chi connectivity index (χ2v) is 9.36. The Kier molecular flexibility index (Phi) is 6.73. The summed E-state index contributed by atoms with van der Waals surface area (Å²) < 4.78 is 30.1. The molecular formula is C28H31F2N3O. The number of aromatic amines is 1. The van der Waals surface area contributed by atoms with E-state index in [2.05, 4.69) is 27.8 Å². The van der Waals surface area contributed by atoms with E-state index in [1.54, 1.807) is 12.1 Å². The van der Waals surface area contributed by atoms with E-state index >= 15 is 4.39 Å². The molecule has 0 bridgehead atoms. The first-order valence-electron chi connectivity index (χ1n) is 11.5. The minimum Gasteiger partial charge on any atom is -0.390 e. The molecule has 4 N–H and O–H groups in total. The average molecular weight is 464 g/mol. The van der Waals surface area contributed by atoms with E-state index in [1.807, 2.05) is 58.3 Å². The number of hydrogen-bond donors (Lipinski definition) is 4. The van der Waals surface area contributed by atoms with E-state index in [9.17, 15) is 9.50 Å². The van der Waals surface area contributed by atoms with E-state index in [-0.39, 0.29) is 12.0 Å². The Hall–Kier alpha value is -3.22. The van der Waals surface area contributed by atoms with Crippen LogP contribution in [0.5, 0.6) is 0 Å². The highest BCUT2D eigenvalue weighted by Gasteiger charge is 2.36. The Bertz CT molecular complexity index is 1300. The van der Waals surface area contributed by atoms with Crippen LogP contribution in [0, 0.1) is 18.6 Å². The minimum absolute atomic E-state index is 0.0556. The van der Waals surface area contributed by atoms with E-state index in [1.165, 1.54) is 11.6 Å². The van der Waals surface area contributed by atoms with Crippen molar-refractivity contribution in [3.05, 3.63) is 89.1 Å².